The maximum atomic E-state index is 12.2. The highest BCUT2D eigenvalue weighted by molar-refractivity contribution is 14.0. The lowest BCUT2D eigenvalue weighted by Gasteiger charge is -2.22. The highest BCUT2D eigenvalue weighted by Gasteiger charge is 2.27. The van der Waals surface area contributed by atoms with E-state index in [0.29, 0.717) is 11.4 Å². The van der Waals surface area contributed by atoms with E-state index in [-0.39, 0.29) is 30.0 Å². The van der Waals surface area contributed by atoms with Gasteiger partial charge in [-0.25, -0.2) is 13.1 Å². The van der Waals surface area contributed by atoms with Crippen molar-refractivity contribution in [2.24, 2.45) is 4.99 Å². The van der Waals surface area contributed by atoms with Crippen LogP contribution in [0.1, 0.15) is 23.3 Å². The van der Waals surface area contributed by atoms with Crippen LogP contribution >= 0.6 is 35.3 Å². The van der Waals surface area contributed by atoms with E-state index in [4.69, 9.17) is 0 Å². The molecule has 9 heteroatoms. The van der Waals surface area contributed by atoms with Crippen molar-refractivity contribution >= 4 is 51.3 Å². The number of sulfonamides is 1. The van der Waals surface area contributed by atoms with Crippen molar-refractivity contribution < 1.29 is 8.42 Å². The molecule has 0 spiro atoms. The second-order valence-corrected chi connectivity index (χ2v) is 9.44. The summed E-state index contributed by atoms with van der Waals surface area (Å²) in [4.78, 5) is 8.09. The van der Waals surface area contributed by atoms with Crippen molar-refractivity contribution in [3.63, 3.8) is 0 Å². The van der Waals surface area contributed by atoms with Gasteiger partial charge in [-0.2, -0.15) is 0 Å². The van der Waals surface area contributed by atoms with Crippen LogP contribution in [0.3, 0.4) is 0 Å². The molecular formula is C19H27IN4O2S2. The molecule has 2 aromatic rings. The Labute approximate surface area is 188 Å². The Morgan fingerprint density at radius 1 is 1.25 bits per heavy atom. The van der Waals surface area contributed by atoms with Crippen LogP contribution in [-0.2, 0) is 23.0 Å². The molecule has 28 heavy (non-hydrogen) atoms. The number of hydrogen-bond acceptors (Lipinski definition) is 4. The lowest BCUT2D eigenvalue weighted by Crippen LogP contribution is -2.39. The number of nitrogens with one attached hydrogen (secondary N) is 2. The zero-order valence-corrected chi connectivity index (χ0v) is 20.1. The number of nitrogens with zero attached hydrogens (tertiary/aromatic N) is 2. The number of hydrogen-bond donors (Lipinski definition) is 2. The van der Waals surface area contributed by atoms with Crippen molar-refractivity contribution in [3.8, 4) is 0 Å². The summed E-state index contributed by atoms with van der Waals surface area (Å²) in [6.45, 7) is 1.47. The van der Waals surface area contributed by atoms with E-state index >= 15 is 0 Å². The molecule has 0 atom stereocenters. The first-order valence-electron chi connectivity index (χ1n) is 9.03. The molecule has 1 heterocycles. The number of rotatable bonds is 8. The number of halogens is 1. The molecule has 6 nitrogen and oxygen atoms in total. The Morgan fingerprint density at radius 3 is 2.54 bits per heavy atom. The molecule has 0 bridgehead atoms. The molecule has 0 radical (unpaired) electrons. The second kappa shape index (κ2) is 10.6. The van der Waals surface area contributed by atoms with Gasteiger partial charge in [0.05, 0.1) is 4.90 Å². The normalized spacial score (nSPS) is 14.4. The standard InChI is InChI=1S/C19H26N4O2S2.HI/c1-20-19(23(2)12-11-17-4-3-13-26-17)21-14-15-5-9-18(10-6-15)27(24,25)22-16-7-8-16;/h3-6,9-10,13,16,22H,7-8,11-12,14H2,1-2H3,(H,20,21);1H. The van der Waals surface area contributed by atoms with E-state index < -0.39 is 10.0 Å². The van der Waals surface area contributed by atoms with Crippen molar-refractivity contribution in [3.05, 3.63) is 52.2 Å². The van der Waals surface area contributed by atoms with E-state index in [1.165, 1.54) is 4.88 Å². The van der Waals surface area contributed by atoms with Gasteiger partial charge in [0, 0.05) is 38.1 Å². The smallest absolute Gasteiger partial charge is 0.240 e. The molecule has 1 aliphatic rings. The first-order chi connectivity index (χ1) is 13.0. The molecule has 1 fully saturated rings. The summed E-state index contributed by atoms with van der Waals surface area (Å²) in [5.74, 6) is 0.818. The summed E-state index contributed by atoms with van der Waals surface area (Å²) in [5.41, 5.74) is 1.01. The fourth-order valence-electron chi connectivity index (χ4n) is 2.68. The third-order valence-corrected chi connectivity index (χ3v) is 6.90. The van der Waals surface area contributed by atoms with Crippen molar-refractivity contribution in [1.29, 1.82) is 0 Å². The van der Waals surface area contributed by atoms with Crippen LogP contribution in [0.15, 0.2) is 51.7 Å². The van der Waals surface area contributed by atoms with Crippen LogP contribution in [0, 0.1) is 0 Å². The molecule has 154 valence electrons. The maximum absolute atomic E-state index is 12.2. The van der Waals surface area contributed by atoms with Gasteiger partial charge in [-0.15, -0.1) is 35.3 Å². The SMILES string of the molecule is CN=C(NCc1ccc(S(=O)(=O)NC2CC2)cc1)N(C)CCc1cccs1.I. The molecular weight excluding hydrogens is 507 g/mol. The number of benzene rings is 1. The van der Waals surface area contributed by atoms with E-state index in [2.05, 4.69) is 37.4 Å². The predicted molar refractivity (Wildman–Crippen MR) is 126 cm³/mol. The Kier molecular flexibility index (Phi) is 8.72. The van der Waals surface area contributed by atoms with Gasteiger partial charge in [0.25, 0.3) is 0 Å². The zero-order chi connectivity index (χ0) is 19.3. The van der Waals surface area contributed by atoms with Gasteiger partial charge < -0.3 is 10.2 Å². The second-order valence-electron chi connectivity index (χ2n) is 6.69. The molecule has 1 aliphatic carbocycles. The molecule has 0 aliphatic heterocycles. The minimum atomic E-state index is -3.39. The van der Waals surface area contributed by atoms with Crippen LogP contribution in [0.25, 0.3) is 0 Å². The monoisotopic (exact) mass is 534 g/mol. The van der Waals surface area contributed by atoms with Crippen LogP contribution in [-0.4, -0.2) is 46.0 Å². The molecule has 0 saturated heterocycles. The Hall–Kier alpha value is -1.17. The van der Waals surface area contributed by atoms with Gasteiger partial charge in [-0.05, 0) is 48.4 Å². The third kappa shape index (κ3) is 6.71. The Bertz CT molecular complexity index is 864. The zero-order valence-electron chi connectivity index (χ0n) is 16.1. The van der Waals surface area contributed by atoms with Gasteiger partial charge in [0.1, 0.15) is 0 Å². The molecule has 0 amide bonds. The lowest BCUT2D eigenvalue weighted by molar-refractivity contribution is 0.486. The molecule has 2 N–H and O–H groups in total. The fraction of sp³-hybridized carbons (Fsp3) is 0.421. The van der Waals surface area contributed by atoms with Crippen LogP contribution in [0.4, 0.5) is 0 Å². The minimum absolute atomic E-state index is 0. The summed E-state index contributed by atoms with van der Waals surface area (Å²) in [7, 11) is 0.390. The minimum Gasteiger partial charge on any atom is -0.352 e. The molecule has 0 unspecified atom stereocenters. The largest absolute Gasteiger partial charge is 0.352 e. The number of guanidine groups is 1. The van der Waals surface area contributed by atoms with Crippen molar-refractivity contribution in [2.45, 2.75) is 36.7 Å². The van der Waals surface area contributed by atoms with E-state index in [1.54, 1.807) is 30.5 Å². The summed E-state index contributed by atoms with van der Waals surface area (Å²) in [6.07, 6.45) is 2.84. The fourth-order valence-corrected chi connectivity index (χ4v) is 4.68. The summed E-state index contributed by atoms with van der Waals surface area (Å²) >= 11 is 1.76. The van der Waals surface area contributed by atoms with Crippen LogP contribution < -0.4 is 10.0 Å². The van der Waals surface area contributed by atoms with Gasteiger partial charge in [-0.3, -0.25) is 4.99 Å². The average Bonchev–Trinajstić information content (AvgIpc) is 3.30. The van der Waals surface area contributed by atoms with Crippen LogP contribution in [0.2, 0.25) is 0 Å². The number of aliphatic imine (C=N–C) groups is 1. The Morgan fingerprint density at radius 2 is 1.96 bits per heavy atom. The Balaban J connectivity index is 0.00000280. The molecule has 3 rings (SSSR count). The molecule has 1 saturated carbocycles. The summed E-state index contributed by atoms with van der Waals surface area (Å²) in [6, 6.07) is 11.3. The number of thiophene rings is 1. The van der Waals surface area contributed by atoms with E-state index in [1.807, 2.05) is 19.2 Å². The highest BCUT2D eigenvalue weighted by atomic mass is 127. The summed E-state index contributed by atoms with van der Waals surface area (Å²) in [5, 5.41) is 5.42. The quantitative estimate of drug-likeness (QED) is 0.310. The van der Waals surface area contributed by atoms with Gasteiger partial charge >= 0.3 is 0 Å². The lowest BCUT2D eigenvalue weighted by atomic mass is 10.2. The van der Waals surface area contributed by atoms with Crippen molar-refractivity contribution in [2.75, 3.05) is 20.6 Å². The summed E-state index contributed by atoms with van der Waals surface area (Å²) < 4.78 is 27.1. The first-order valence-corrected chi connectivity index (χ1v) is 11.4. The topological polar surface area (TPSA) is 73.8 Å². The maximum Gasteiger partial charge on any atom is 0.240 e. The van der Waals surface area contributed by atoms with Crippen LogP contribution in [0.5, 0.6) is 0 Å². The average molecular weight is 534 g/mol. The molecule has 1 aromatic heterocycles. The van der Waals surface area contributed by atoms with Gasteiger partial charge in [-0.1, -0.05) is 18.2 Å². The van der Waals surface area contributed by atoms with E-state index in [0.717, 1.165) is 37.3 Å². The van der Waals surface area contributed by atoms with Gasteiger partial charge in [0.15, 0.2) is 5.96 Å². The van der Waals surface area contributed by atoms with Crippen molar-refractivity contribution in [1.82, 2.24) is 14.9 Å². The predicted octanol–water partition coefficient (Wildman–Crippen LogP) is 3.06. The molecule has 1 aromatic carbocycles. The van der Waals surface area contributed by atoms with Gasteiger partial charge in [0.2, 0.25) is 10.0 Å². The number of likely N-dealkylation sites (N-methyl/N-ethyl adjacent to an activating group) is 1. The highest BCUT2D eigenvalue weighted by Crippen LogP contribution is 2.22. The third-order valence-electron chi connectivity index (χ3n) is 4.43. The first kappa shape index (κ1) is 23.1. The van der Waals surface area contributed by atoms with E-state index in [9.17, 15) is 8.42 Å².